The quantitative estimate of drug-likeness (QED) is 0.380. The van der Waals surface area contributed by atoms with Gasteiger partial charge in [-0.1, -0.05) is 13.3 Å². The van der Waals surface area contributed by atoms with Crippen molar-refractivity contribution in [3.8, 4) is 0 Å². The molecule has 3 rings (SSSR count). The van der Waals surface area contributed by atoms with Crippen LogP contribution in [0.25, 0.3) is 0 Å². The number of nitrogens with zero attached hydrogens (tertiary/aromatic N) is 3. The Bertz CT molecular complexity index is 803. The molecule has 10 heteroatoms. The van der Waals surface area contributed by atoms with E-state index in [-0.39, 0.29) is 24.8 Å². The van der Waals surface area contributed by atoms with Crippen LogP contribution in [0.5, 0.6) is 0 Å². The minimum absolute atomic E-state index is 0.0353. The predicted octanol–water partition coefficient (Wildman–Crippen LogP) is 1.90. The first kappa shape index (κ1) is 25.2. The maximum absolute atomic E-state index is 14.9. The van der Waals surface area contributed by atoms with Gasteiger partial charge in [-0.2, -0.15) is 0 Å². The fourth-order valence-corrected chi connectivity index (χ4v) is 4.15. The van der Waals surface area contributed by atoms with E-state index < -0.39 is 11.9 Å². The van der Waals surface area contributed by atoms with Crippen molar-refractivity contribution in [3.05, 3.63) is 24.0 Å². The van der Waals surface area contributed by atoms with Crippen molar-refractivity contribution in [2.45, 2.75) is 44.9 Å². The summed E-state index contributed by atoms with van der Waals surface area (Å²) in [6, 6.07) is 4.74. The Kier molecular flexibility index (Phi) is 9.28. The SMILES string of the molecule is CCCC(NC)OCCCC(=O)N1CCN(c2ccc(N3C[C@H](CN)OC3=O)cc2F)CC1. The average molecular weight is 466 g/mol. The van der Waals surface area contributed by atoms with E-state index in [0.29, 0.717) is 63.5 Å². The Morgan fingerprint density at radius 3 is 2.70 bits per heavy atom. The van der Waals surface area contributed by atoms with Crippen molar-refractivity contribution in [1.82, 2.24) is 10.2 Å². The van der Waals surface area contributed by atoms with Gasteiger partial charge in [-0.3, -0.25) is 15.0 Å². The molecule has 1 aromatic carbocycles. The molecule has 1 unspecified atom stereocenters. The lowest BCUT2D eigenvalue weighted by Crippen LogP contribution is -2.49. The highest BCUT2D eigenvalue weighted by Crippen LogP contribution is 2.28. The van der Waals surface area contributed by atoms with Crippen LogP contribution in [0.2, 0.25) is 0 Å². The number of carbonyl (C=O) groups excluding carboxylic acids is 2. The van der Waals surface area contributed by atoms with Gasteiger partial charge in [-0.15, -0.1) is 0 Å². The maximum Gasteiger partial charge on any atom is 0.414 e. The molecule has 0 aliphatic carbocycles. The van der Waals surface area contributed by atoms with Crippen molar-refractivity contribution in [2.24, 2.45) is 5.73 Å². The second kappa shape index (κ2) is 12.2. The van der Waals surface area contributed by atoms with E-state index in [2.05, 4.69) is 12.2 Å². The van der Waals surface area contributed by atoms with Crippen LogP contribution in [0.1, 0.15) is 32.6 Å². The highest BCUT2D eigenvalue weighted by molar-refractivity contribution is 5.90. The lowest BCUT2D eigenvalue weighted by molar-refractivity contribution is -0.132. The van der Waals surface area contributed by atoms with E-state index in [1.54, 1.807) is 12.1 Å². The molecule has 2 aliphatic heterocycles. The van der Waals surface area contributed by atoms with Gasteiger partial charge in [0.15, 0.2) is 0 Å². The summed E-state index contributed by atoms with van der Waals surface area (Å²) in [4.78, 5) is 29.7. The van der Waals surface area contributed by atoms with Crippen LogP contribution in [0.15, 0.2) is 18.2 Å². The molecule has 0 aromatic heterocycles. The van der Waals surface area contributed by atoms with Gasteiger partial charge in [-0.05, 0) is 38.1 Å². The van der Waals surface area contributed by atoms with Crippen LogP contribution in [-0.4, -0.2) is 82.2 Å². The normalized spacial score (nSPS) is 19.7. The minimum Gasteiger partial charge on any atom is -0.443 e. The molecule has 2 fully saturated rings. The van der Waals surface area contributed by atoms with Crippen LogP contribution in [0.4, 0.5) is 20.6 Å². The van der Waals surface area contributed by atoms with E-state index in [1.165, 1.54) is 11.0 Å². The maximum atomic E-state index is 14.9. The number of halogens is 1. The van der Waals surface area contributed by atoms with Gasteiger partial charge < -0.3 is 25.0 Å². The third-order valence-electron chi connectivity index (χ3n) is 6.08. The van der Waals surface area contributed by atoms with Crippen LogP contribution in [-0.2, 0) is 14.3 Å². The number of nitrogens with two attached hydrogens (primary N) is 1. The molecule has 2 atom stereocenters. The summed E-state index contributed by atoms with van der Waals surface area (Å²) in [6.07, 6.45) is 2.26. The number of anilines is 2. The molecular weight excluding hydrogens is 429 g/mol. The van der Waals surface area contributed by atoms with Gasteiger partial charge in [0.1, 0.15) is 18.1 Å². The lowest BCUT2D eigenvalue weighted by Gasteiger charge is -2.36. The molecule has 1 aromatic rings. The number of hydrogen-bond donors (Lipinski definition) is 2. The molecule has 2 heterocycles. The fraction of sp³-hybridized carbons (Fsp3) is 0.652. The standard InChI is InChI=1S/C23H36FN5O4/c1-3-5-21(26-2)32-13-4-6-22(30)28-11-9-27(10-12-28)20-8-7-17(14-19(20)24)29-16-18(15-25)33-23(29)31/h7-8,14,18,21,26H,3-6,9-13,15-16,25H2,1-2H3/t18-,21?/m0/s1. The van der Waals surface area contributed by atoms with Gasteiger partial charge in [0.2, 0.25) is 5.91 Å². The van der Waals surface area contributed by atoms with Gasteiger partial charge in [0.05, 0.1) is 17.9 Å². The Balaban J connectivity index is 1.45. The summed E-state index contributed by atoms with van der Waals surface area (Å²) in [5.41, 5.74) is 6.48. The zero-order chi connectivity index (χ0) is 23.8. The number of rotatable bonds is 11. The Morgan fingerprint density at radius 1 is 1.33 bits per heavy atom. The van der Waals surface area contributed by atoms with E-state index in [0.717, 1.165) is 12.8 Å². The van der Waals surface area contributed by atoms with Gasteiger partial charge >= 0.3 is 6.09 Å². The zero-order valence-corrected chi connectivity index (χ0v) is 19.6. The molecule has 0 spiro atoms. The second-order valence-corrected chi connectivity index (χ2v) is 8.40. The highest BCUT2D eigenvalue weighted by atomic mass is 19.1. The summed E-state index contributed by atoms with van der Waals surface area (Å²) < 4.78 is 25.8. The minimum atomic E-state index is -0.512. The number of piperazine rings is 1. The first-order chi connectivity index (χ1) is 16.0. The number of carbonyl (C=O) groups is 2. The van der Waals surface area contributed by atoms with Crippen molar-refractivity contribution < 1.29 is 23.5 Å². The van der Waals surface area contributed by atoms with Crippen molar-refractivity contribution in [1.29, 1.82) is 0 Å². The Hall–Kier alpha value is -2.43. The summed E-state index contributed by atoms with van der Waals surface area (Å²) >= 11 is 0. The molecule has 2 aliphatic rings. The third kappa shape index (κ3) is 6.55. The number of benzene rings is 1. The smallest absolute Gasteiger partial charge is 0.414 e. The molecule has 0 radical (unpaired) electrons. The van der Waals surface area contributed by atoms with E-state index in [1.807, 2.05) is 16.8 Å². The van der Waals surface area contributed by atoms with Gasteiger partial charge in [-0.25, -0.2) is 9.18 Å². The molecule has 0 bridgehead atoms. The highest BCUT2D eigenvalue weighted by Gasteiger charge is 2.32. The first-order valence-electron chi connectivity index (χ1n) is 11.8. The largest absolute Gasteiger partial charge is 0.443 e. The van der Waals surface area contributed by atoms with Gasteiger partial charge in [0, 0.05) is 45.8 Å². The molecular formula is C23H36FN5O4. The van der Waals surface area contributed by atoms with Crippen LogP contribution >= 0.6 is 0 Å². The van der Waals surface area contributed by atoms with Crippen molar-refractivity contribution >= 4 is 23.4 Å². The van der Waals surface area contributed by atoms with Crippen LogP contribution < -0.4 is 20.9 Å². The number of amides is 2. The Morgan fingerprint density at radius 2 is 2.09 bits per heavy atom. The summed E-state index contributed by atoms with van der Waals surface area (Å²) in [6.45, 7) is 5.40. The van der Waals surface area contributed by atoms with Gasteiger partial charge in [0.25, 0.3) is 0 Å². The van der Waals surface area contributed by atoms with Crippen LogP contribution in [0.3, 0.4) is 0 Å². The predicted molar refractivity (Wildman–Crippen MR) is 125 cm³/mol. The number of hydrogen-bond acceptors (Lipinski definition) is 7. The number of nitrogens with one attached hydrogen (secondary N) is 1. The summed E-state index contributed by atoms with van der Waals surface area (Å²) in [5.74, 6) is -0.299. The fourth-order valence-electron chi connectivity index (χ4n) is 4.15. The van der Waals surface area contributed by atoms with E-state index >= 15 is 0 Å². The lowest BCUT2D eigenvalue weighted by atomic mass is 10.2. The average Bonchev–Trinajstić information content (AvgIpc) is 3.21. The van der Waals surface area contributed by atoms with Crippen molar-refractivity contribution in [3.63, 3.8) is 0 Å². The molecule has 0 saturated carbocycles. The second-order valence-electron chi connectivity index (χ2n) is 8.40. The number of cyclic esters (lactones) is 1. The van der Waals surface area contributed by atoms with Crippen LogP contribution in [0, 0.1) is 5.82 Å². The topological polar surface area (TPSA) is 100 Å². The third-order valence-corrected chi connectivity index (χ3v) is 6.08. The van der Waals surface area contributed by atoms with Crippen molar-refractivity contribution in [2.75, 3.05) is 62.7 Å². The van der Waals surface area contributed by atoms with E-state index in [9.17, 15) is 14.0 Å². The zero-order valence-electron chi connectivity index (χ0n) is 19.6. The molecule has 184 valence electrons. The first-order valence-corrected chi connectivity index (χ1v) is 11.8. The molecule has 33 heavy (non-hydrogen) atoms. The molecule has 2 amide bonds. The number of ether oxygens (including phenoxy) is 2. The molecule has 9 nitrogen and oxygen atoms in total. The Labute approximate surface area is 195 Å². The summed E-state index contributed by atoms with van der Waals surface area (Å²) in [7, 11) is 1.87. The monoisotopic (exact) mass is 465 g/mol. The summed E-state index contributed by atoms with van der Waals surface area (Å²) in [5, 5.41) is 3.12. The van der Waals surface area contributed by atoms with E-state index in [4.69, 9.17) is 15.2 Å². The molecule has 3 N–H and O–H groups in total. The molecule has 2 saturated heterocycles.